The van der Waals surface area contributed by atoms with Crippen LogP contribution in [0.15, 0.2) is 35.5 Å². The molecule has 2 aromatic rings. The van der Waals surface area contributed by atoms with Crippen LogP contribution in [0.25, 0.3) is 5.69 Å². The van der Waals surface area contributed by atoms with Gasteiger partial charge in [0.1, 0.15) is 11.2 Å². The minimum absolute atomic E-state index is 0.0619. The van der Waals surface area contributed by atoms with Crippen LogP contribution in [0.4, 0.5) is 13.2 Å². The van der Waals surface area contributed by atoms with E-state index >= 15 is 0 Å². The van der Waals surface area contributed by atoms with Gasteiger partial charge in [0.25, 0.3) is 5.91 Å². The Kier molecular flexibility index (Phi) is 8.62. The van der Waals surface area contributed by atoms with E-state index in [1.807, 2.05) is 14.1 Å². The fourth-order valence-corrected chi connectivity index (χ4v) is 5.63. The summed E-state index contributed by atoms with van der Waals surface area (Å²) in [7, 11) is 1.82. The molecular weight excluding hydrogens is 519 g/mol. The molecule has 37 heavy (non-hydrogen) atoms. The molecule has 15 heteroatoms. The molecule has 204 valence electrons. The molecule has 1 saturated heterocycles. The van der Waals surface area contributed by atoms with E-state index in [9.17, 15) is 26.4 Å². The number of carboxylic acid groups (broad SMARTS) is 1. The van der Waals surface area contributed by atoms with Crippen LogP contribution in [0.2, 0.25) is 0 Å². The summed E-state index contributed by atoms with van der Waals surface area (Å²) in [4.78, 5) is 30.7. The Bertz CT molecular complexity index is 1250. The number of fused-ring (bicyclic) bond motifs is 3. The molecule has 1 unspecified atom stereocenters. The zero-order valence-corrected chi connectivity index (χ0v) is 21.3. The number of halogens is 3. The van der Waals surface area contributed by atoms with Crippen molar-refractivity contribution >= 4 is 21.9 Å². The number of carboxylic acids is 1. The summed E-state index contributed by atoms with van der Waals surface area (Å²) in [5, 5.41) is 7.12. The predicted octanol–water partition coefficient (Wildman–Crippen LogP) is 1.43. The SMILES string of the molecule is COCCN1Cc2c(C(=O)N3CCC(N(C)C)C3)ncn2-c2ccccc2S1(=O)=O.O=C(O)C(F)(F)F. The second-order valence-electron chi connectivity index (χ2n) is 8.67. The van der Waals surface area contributed by atoms with Crippen LogP contribution < -0.4 is 0 Å². The molecule has 1 atom stereocenters. The summed E-state index contributed by atoms with van der Waals surface area (Å²) in [6, 6.07) is 7.12. The molecule has 0 saturated carbocycles. The smallest absolute Gasteiger partial charge is 0.475 e. The maximum absolute atomic E-state index is 13.3. The van der Waals surface area contributed by atoms with Crippen molar-refractivity contribution < 1.29 is 41.0 Å². The summed E-state index contributed by atoms with van der Waals surface area (Å²) < 4.78 is 66.5. The van der Waals surface area contributed by atoms with Crippen LogP contribution in [0, 0.1) is 0 Å². The Morgan fingerprint density at radius 2 is 1.89 bits per heavy atom. The van der Waals surface area contributed by atoms with E-state index in [4.69, 9.17) is 14.6 Å². The van der Waals surface area contributed by atoms with E-state index in [1.54, 1.807) is 40.1 Å². The molecule has 11 nitrogen and oxygen atoms in total. The number of sulfonamides is 1. The molecule has 2 aliphatic heterocycles. The number of benzene rings is 1. The van der Waals surface area contributed by atoms with Gasteiger partial charge in [0.15, 0.2) is 5.69 Å². The van der Waals surface area contributed by atoms with E-state index in [0.29, 0.717) is 36.2 Å². The number of hydrogen-bond donors (Lipinski definition) is 1. The monoisotopic (exact) mass is 547 g/mol. The highest BCUT2D eigenvalue weighted by Crippen LogP contribution is 2.31. The molecule has 1 fully saturated rings. The molecule has 0 radical (unpaired) electrons. The van der Waals surface area contributed by atoms with Gasteiger partial charge in [0, 0.05) is 32.8 Å². The number of likely N-dealkylation sites (N-methyl/N-ethyl adjacent to an activating group) is 1. The van der Waals surface area contributed by atoms with Gasteiger partial charge in [-0.2, -0.15) is 17.5 Å². The van der Waals surface area contributed by atoms with Crippen LogP contribution in [-0.2, 0) is 26.1 Å². The Morgan fingerprint density at radius 1 is 1.24 bits per heavy atom. The van der Waals surface area contributed by atoms with E-state index in [0.717, 1.165) is 6.42 Å². The van der Waals surface area contributed by atoms with Crippen molar-refractivity contribution in [1.29, 1.82) is 0 Å². The maximum atomic E-state index is 13.3. The molecule has 1 aromatic heterocycles. The van der Waals surface area contributed by atoms with Gasteiger partial charge in [-0.15, -0.1) is 0 Å². The van der Waals surface area contributed by atoms with Gasteiger partial charge in [-0.3, -0.25) is 9.36 Å². The number of para-hydroxylation sites is 1. The molecular formula is C22H28F3N5O6S. The summed E-state index contributed by atoms with van der Waals surface area (Å²) in [5.74, 6) is -2.91. The molecule has 0 bridgehead atoms. The highest BCUT2D eigenvalue weighted by Gasteiger charge is 2.38. The Labute approximate surface area is 212 Å². The number of aliphatic carboxylic acids is 1. The minimum Gasteiger partial charge on any atom is -0.475 e. The lowest BCUT2D eigenvalue weighted by atomic mass is 10.2. The van der Waals surface area contributed by atoms with Crippen LogP contribution in [0.3, 0.4) is 0 Å². The minimum atomic E-state index is -5.08. The number of likely N-dealkylation sites (tertiary alicyclic amines) is 1. The normalized spacial score (nSPS) is 19.0. The second-order valence-corrected chi connectivity index (χ2v) is 10.6. The molecule has 0 aliphatic carbocycles. The Balaban J connectivity index is 0.000000479. The summed E-state index contributed by atoms with van der Waals surface area (Å²) in [6.07, 6.45) is -2.62. The van der Waals surface area contributed by atoms with Gasteiger partial charge in [-0.25, -0.2) is 18.2 Å². The summed E-state index contributed by atoms with van der Waals surface area (Å²) in [5.41, 5.74) is 1.40. The first-order valence-electron chi connectivity index (χ1n) is 11.2. The predicted molar refractivity (Wildman–Crippen MR) is 125 cm³/mol. The van der Waals surface area contributed by atoms with Gasteiger partial charge in [0.05, 0.1) is 24.5 Å². The molecule has 0 spiro atoms. The van der Waals surface area contributed by atoms with Gasteiger partial charge in [-0.1, -0.05) is 12.1 Å². The largest absolute Gasteiger partial charge is 0.490 e. The summed E-state index contributed by atoms with van der Waals surface area (Å²) >= 11 is 0. The third-order valence-corrected chi connectivity index (χ3v) is 8.00. The fraction of sp³-hybridized carbons (Fsp3) is 0.500. The molecule has 1 aromatic carbocycles. The van der Waals surface area contributed by atoms with Crippen LogP contribution >= 0.6 is 0 Å². The molecule has 3 heterocycles. The van der Waals surface area contributed by atoms with E-state index < -0.39 is 22.2 Å². The molecule has 4 rings (SSSR count). The van der Waals surface area contributed by atoms with E-state index in [-0.39, 0.29) is 30.5 Å². The van der Waals surface area contributed by atoms with Crippen LogP contribution in [0.1, 0.15) is 22.6 Å². The first-order chi connectivity index (χ1) is 17.3. The van der Waals surface area contributed by atoms with Crippen LogP contribution in [-0.4, -0.2) is 109 Å². The molecule has 2 aliphatic rings. The Morgan fingerprint density at radius 3 is 2.46 bits per heavy atom. The van der Waals surface area contributed by atoms with E-state index in [2.05, 4.69) is 9.88 Å². The van der Waals surface area contributed by atoms with Gasteiger partial charge >= 0.3 is 12.1 Å². The fourth-order valence-electron chi connectivity index (χ4n) is 4.07. The highest BCUT2D eigenvalue weighted by atomic mass is 32.2. The number of ether oxygens (including phenoxy) is 1. The van der Waals surface area contributed by atoms with Gasteiger partial charge in [-0.05, 0) is 32.6 Å². The number of hydrogen-bond acceptors (Lipinski definition) is 7. The number of amides is 1. The number of carbonyl (C=O) groups excluding carboxylic acids is 1. The van der Waals surface area contributed by atoms with Crippen molar-refractivity contribution in [2.45, 2.75) is 30.1 Å². The highest BCUT2D eigenvalue weighted by molar-refractivity contribution is 7.89. The van der Waals surface area contributed by atoms with Crippen molar-refractivity contribution in [3.63, 3.8) is 0 Å². The Hall–Kier alpha value is -3.01. The number of rotatable bonds is 5. The average Bonchev–Trinajstić information content (AvgIpc) is 3.47. The molecule has 1 amide bonds. The van der Waals surface area contributed by atoms with Crippen molar-refractivity contribution in [2.24, 2.45) is 0 Å². The van der Waals surface area contributed by atoms with Gasteiger partial charge < -0.3 is 19.6 Å². The lowest BCUT2D eigenvalue weighted by Crippen LogP contribution is -2.36. The maximum Gasteiger partial charge on any atom is 0.490 e. The van der Waals surface area contributed by atoms with Crippen molar-refractivity contribution in [2.75, 3.05) is 47.4 Å². The van der Waals surface area contributed by atoms with Crippen molar-refractivity contribution in [1.82, 2.24) is 23.7 Å². The summed E-state index contributed by atoms with van der Waals surface area (Å²) in [6.45, 7) is 1.82. The number of imidazole rings is 1. The lowest BCUT2D eigenvalue weighted by Gasteiger charge is -2.21. The topological polar surface area (TPSA) is 125 Å². The number of alkyl halides is 3. The average molecular weight is 548 g/mol. The second kappa shape index (κ2) is 11.2. The van der Waals surface area contributed by atoms with Crippen molar-refractivity contribution in [3.8, 4) is 5.69 Å². The van der Waals surface area contributed by atoms with E-state index in [1.165, 1.54) is 11.4 Å². The molecule has 1 N–H and O–H groups in total. The first-order valence-corrected chi connectivity index (χ1v) is 12.6. The number of methoxy groups -OCH3 is 1. The number of aromatic nitrogens is 2. The van der Waals surface area contributed by atoms with Gasteiger partial charge in [0.2, 0.25) is 10.0 Å². The zero-order valence-electron chi connectivity index (χ0n) is 20.5. The van der Waals surface area contributed by atoms with Crippen molar-refractivity contribution in [3.05, 3.63) is 42.0 Å². The number of carbonyl (C=O) groups is 2. The lowest BCUT2D eigenvalue weighted by molar-refractivity contribution is -0.192. The first kappa shape index (κ1) is 28.6. The third kappa shape index (κ3) is 6.11. The zero-order chi connectivity index (χ0) is 27.5. The third-order valence-electron chi connectivity index (χ3n) is 6.11. The standard InChI is InChI=1S/C20H27N5O4S.C2HF3O2/c1-22(2)15-8-9-23(12-15)20(26)19-17-13-24(10-11-29-3)30(27,28)18-7-5-4-6-16(18)25(17)14-21-19;3-2(4,5)1(6)7/h4-7,14-15H,8-13H2,1-3H3;(H,6,7). The quantitative estimate of drug-likeness (QED) is 0.596. The number of nitrogens with zero attached hydrogens (tertiary/aromatic N) is 5. The van der Waals surface area contributed by atoms with Crippen LogP contribution in [0.5, 0.6) is 0 Å².